The number of carboxylic acids is 2. The Morgan fingerprint density at radius 1 is 0.472 bits per heavy atom. The number of carbonyl (C=O) groups is 4. The first-order valence-corrected chi connectivity index (χ1v) is 10.8. The van der Waals surface area contributed by atoms with Crippen LogP contribution in [0.2, 0.25) is 0 Å². The fraction of sp³-hybridized carbons (Fsp3) is 0.0714. The van der Waals surface area contributed by atoms with E-state index < -0.39 is 11.9 Å². The largest absolute Gasteiger partial charge is 0.543 e. The average molecular weight is 485 g/mol. The Morgan fingerprint density at radius 2 is 0.750 bits per heavy atom. The number of aliphatic carboxylic acids is 2. The van der Waals surface area contributed by atoms with Crippen LogP contribution < -0.4 is 19.3 Å². The molecule has 0 aliphatic heterocycles. The zero-order valence-electron chi connectivity index (χ0n) is 19.3. The Labute approximate surface area is 208 Å². The van der Waals surface area contributed by atoms with E-state index in [4.69, 9.17) is 19.8 Å². The molecule has 0 bridgehead atoms. The Kier molecular flexibility index (Phi) is 11.4. The van der Waals surface area contributed by atoms with E-state index in [1.807, 2.05) is 131 Å². The molecule has 36 heavy (non-hydrogen) atoms. The molecule has 2 aromatic carbocycles. The number of rotatable bonds is 6. The van der Waals surface area contributed by atoms with Crippen LogP contribution in [0, 0.1) is 0 Å². The molecule has 4 rings (SSSR count). The molecule has 0 aliphatic rings. The SMILES string of the molecule is O=C(C[n+]1ccccc1)c1ccccc1.O=C(C[n+]1ccccc1)c1ccccc1.O=C([O-])C(=O)[O-]. The normalized spacial score (nSPS) is 9.44. The van der Waals surface area contributed by atoms with Crippen molar-refractivity contribution < 1.29 is 38.5 Å². The van der Waals surface area contributed by atoms with Crippen LogP contribution >= 0.6 is 0 Å². The Bertz CT molecular complexity index is 1150. The summed E-state index contributed by atoms with van der Waals surface area (Å²) < 4.78 is 3.74. The van der Waals surface area contributed by atoms with Crippen molar-refractivity contribution in [1.82, 2.24) is 0 Å². The number of nitrogens with zero attached hydrogens (tertiary/aromatic N) is 2. The minimum atomic E-state index is -2.19. The van der Waals surface area contributed by atoms with Gasteiger partial charge >= 0.3 is 0 Å². The molecule has 0 spiro atoms. The summed E-state index contributed by atoms with van der Waals surface area (Å²) in [6.07, 6.45) is 7.56. The fourth-order valence-corrected chi connectivity index (χ4v) is 2.84. The maximum atomic E-state index is 11.8. The summed E-state index contributed by atoms with van der Waals surface area (Å²) in [6.45, 7) is 0.787. The lowest BCUT2D eigenvalue weighted by Crippen LogP contribution is -2.42. The van der Waals surface area contributed by atoms with Gasteiger partial charge in [-0.3, -0.25) is 9.59 Å². The molecule has 0 amide bonds. The fourth-order valence-electron chi connectivity index (χ4n) is 2.84. The molecular formula is C28H24N2O6. The highest BCUT2D eigenvalue weighted by atomic mass is 16.4. The summed E-state index contributed by atoms with van der Waals surface area (Å²) >= 11 is 0. The van der Waals surface area contributed by atoms with Gasteiger partial charge in [-0.25, -0.2) is 0 Å². The maximum Gasteiger partial charge on any atom is 0.227 e. The van der Waals surface area contributed by atoms with Crippen molar-refractivity contribution in [3.63, 3.8) is 0 Å². The monoisotopic (exact) mass is 484 g/mol. The number of hydrogen-bond donors (Lipinski definition) is 0. The number of carboxylic acid groups (broad SMARTS) is 2. The lowest BCUT2D eigenvalue weighted by molar-refractivity contribution is -0.683. The van der Waals surface area contributed by atoms with E-state index in [-0.39, 0.29) is 11.6 Å². The number of carbonyl (C=O) groups excluding carboxylic acids is 4. The van der Waals surface area contributed by atoms with E-state index in [0.717, 1.165) is 11.1 Å². The minimum absolute atomic E-state index is 0.131. The Balaban J connectivity index is 0.000000208. The van der Waals surface area contributed by atoms with Crippen molar-refractivity contribution in [2.24, 2.45) is 0 Å². The van der Waals surface area contributed by atoms with Gasteiger partial charge in [0.25, 0.3) is 0 Å². The third-order valence-corrected chi connectivity index (χ3v) is 4.57. The van der Waals surface area contributed by atoms with Crippen LogP contribution in [-0.4, -0.2) is 23.5 Å². The number of aromatic nitrogens is 2. The van der Waals surface area contributed by atoms with Crippen molar-refractivity contribution in [2.75, 3.05) is 0 Å². The maximum absolute atomic E-state index is 11.8. The van der Waals surface area contributed by atoms with E-state index in [9.17, 15) is 9.59 Å². The van der Waals surface area contributed by atoms with Crippen LogP contribution in [0.15, 0.2) is 122 Å². The average Bonchev–Trinajstić information content (AvgIpc) is 2.91. The zero-order valence-corrected chi connectivity index (χ0v) is 19.3. The molecule has 2 aromatic heterocycles. The molecular weight excluding hydrogens is 460 g/mol. The van der Waals surface area contributed by atoms with Gasteiger partial charge in [0, 0.05) is 35.4 Å². The number of hydrogen-bond acceptors (Lipinski definition) is 6. The number of Topliss-reactive ketones (excluding diaryl/α,β-unsaturated/α-hetero) is 2. The summed E-state index contributed by atoms with van der Waals surface area (Å²) in [4.78, 5) is 41.4. The lowest BCUT2D eigenvalue weighted by atomic mass is 10.1. The van der Waals surface area contributed by atoms with Crippen LogP contribution in [-0.2, 0) is 22.7 Å². The van der Waals surface area contributed by atoms with E-state index in [1.54, 1.807) is 0 Å². The highest BCUT2D eigenvalue weighted by Crippen LogP contribution is 2.00. The number of benzene rings is 2. The van der Waals surface area contributed by atoms with Crippen LogP contribution in [0.4, 0.5) is 0 Å². The van der Waals surface area contributed by atoms with Gasteiger partial charge in [0.2, 0.25) is 24.7 Å². The summed E-state index contributed by atoms with van der Waals surface area (Å²) in [6, 6.07) is 30.2. The second-order valence-electron chi connectivity index (χ2n) is 7.25. The second kappa shape index (κ2) is 15.0. The molecule has 0 N–H and O–H groups in total. The minimum Gasteiger partial charge on any atom is -0.543 e. The van der Waals surface area contributed by atoms with Gasteiger partial charge in [-0.05, 0) is 0 Å². The molecule has 0 atom stereocenters. The Morgan fingerprint density at radius 3 is 1.03 bits per heavy atom. The van der Waals surface area contributed by atoms with Crippen molar-refractivity contribution in [3.05, 3.63) is 133 Å². The number of pyridine rings is 2. The third-order valence-electron chi connectivity index (χ3n) is 4.57. The first kappa shape index (κ1) is 27.3. The van der Waals surface area contributed by atoms with Gasteiger partial charge in [0.15, 0.2) is 24.8 Å². The quantitative estimate of drug-likeness (QED) is 0.219. The molecule has 4 aromatic rings. The van der Waals surface area contributed by atoms with Crippen LogP contribution in [0.5, 0.6) is 0 Å². The molecule has 2 heterocycles. The van der Waals surface area contributed by atoms with Gasteiger partial charge in [-0.15, -0.1) is 0 Å². The van der Waals surface area contributed by atoms with Gasteiger partial charge in [-0.2, -0.15) is 9.13 Å². The predicted molar refractivity (Wildman–Crippen MR) is 125 cm³/mol. The topological polar surface area (TPSA) is 122 Å². The molecule has 8 nitrogen and oxygen atoms in total. The lowest BCUT2D eigenvalue weighted by Gasteiger charge is -1.97. The number of ketones is 2. The van der Waals surface area contributed by atoms with Crippen molar-refractivity contribution in [3.8, 4) is 0 Å². The molecule has 0 fully saturated rings. The first-order valence-electron chi connectivity index (χ1n) is 10.8. The predicted octanol–water partition coefficient (Wildman–Crippen LogP) is 0.200. The van der Waals surface area contributed by atoms with Crippen LogP contribution in [0.1, 0.15) is 20.7 Å². The second-order valence-corrected chi connectivity index (χ2v) is 7.25. The smallest absolute Gasteiger partial charge is 0.227 e. The van der Waals surface area contributed by atoms with Crippen LogP contribution in [0.25, 0.3) is 0 Å². The summed E-state index contributed by atoms with van der Waals surface area (Å²) in [5.41, 5.74) is 1.52. The van der Waals surface area contributed by atoms with Gasteiger partial charge < -0.3 is 19.8 Å². The standard InChI is InChI=1S/2C13H12NO.C2H2O4/c2*15-13(12-7-3-1-4-8-12)11-14-9-5-2-6-10-14;3-1(4)2(5)6/h2*1-10H,11H2;(H,3,4)(H,5,6)/q2*+1;/p-2. The zero-order chi connectivity index (χ0) is 26.2. The van der Waals surface area contributed by atoms with Crippen molar-refractivity contribution >= 4 is 23.5 Å². The van der Waals surface area contributed by atoms with E-state index in [0.29, 0.717) is 13.1 Å². The molecule has 0 unspecified atom stereocenters. The summed E-state index contributed by atoms with van der Waals surface area (Å²) in [5, 5.41) is 17.9. The molecule has 0 radical (unpaired) electrons. The Hall–Kier alpha value is -4.98. The van der Waals surface area contributed by atoms with Crippen molar-refractivity contribution in [1.29, 1.82) is 0 Å². The highest BCUT2D eigenvalue weighted by Gasteiger charge is 2.11. The van der Waals surface area contributed by atoms with Gasteiger partial charge in [0.05, 0.1) is 11.9 Å². The molecule has 8 heteroatoms. The third kappa shape index (κ3) is 10.3. The van der Waals surface area contributed by atoms with Crippen molar-refractivity contribution in [2.45, 2.75) is 13.1 Å². The molecule has 0 saturated carbocycles. The van der Waals surface area contributed by atoms with Crippen LogP contribution in [0.3, 0.4) is 0 Å². The summed E-state index contributed by atoms with van der Waals surface area (Å²) in [5.74, 6) is -4.11. The van der Waals surface area contributed by atoms with E-state index >= 15 is 0 Å². The molecule has 0 saturated heterocycles. The highest BCUT2D eigenvalue weighted by molar-refractivity contribution is 6.25. The molecule has 182 valence electrons. The van der Waals surface area contributed by atoms with Gasteiger partial charge in [-0.1, -0.05) is 72.8 Å². The first-order chi connectivity index (χ1) is 17.4. The van der Waals surface area contributed by atoms with E-state index in [1.165, 1.54) is 0 Å². The van der Waals surface area contributed by atoms with E-state index in [2.05, 4.69) is 0 Å². The molecule has 0 aliphatic carbocycles. The summed E-state index contributed by atoms with van der Waals surface area (Å²) in [7, 11) is 0. The van der Waals surface area contributed by atoms with Gasteiger partial charge in [0.1, 0.15) is 0 Å².